The van der Waals surface area contributed by atoms with Crippen molar-refractivity contribution in [2.75, 3.05) is 13.1 Å². The summed E-state index contributed by atoms with van der Waals surface area (Å²) >= 11 is 0. The van der Waals surface area contributed by atoms with E-state index in [-0.39, 0.29) is 23.8 Å². The van der Waals surface area contributed by atoms with E-state index in [4.69, 9.17) is 5.73 Å². The van der Waals surface area contributed by atoms with Crippen LogP contribution in [0.25, 0.3) is 0 Å². The van der Waals surface area contributed by atoms with Gasteiger partial charge in [-0.05, 0) is 25.8 Å². The summed E-state index contributed by atoms with van der Waals surface area (Å²) in [6.07, 6.45) is 3.46. The van der Waals surface area contributed by atoms with E-state index in [9.17, 15) is 9.90 Å². The topological polar surface area (TPSA) is 75.4 Å². The number of hydrogen-bond acceptors (Lipinski definition) is 3. The van der Waals surface area contributed by atoms with Crippen LogP contribution in [0.5, 0.6) is 0 Å². The first-order valence-corrected chi connectivity index (χ1v) is 5.81. The normalized spacial score (nSPS) is 27.7. The van der Waals surface area contributed by atoms with E-state index in [2.05, 4.69) is 5.32 Å². The van der Waals surface area contributed by atoms with Crippen LogP contribution in [-0.2, 0) is 4.79 Å². The number of nitrogens with two attached hydrogens (primary N) is 1. The summed E-state index contributed by atoms with van der Waals surface area (Å²) in [6.45, 7) is 3.03. The average molecular weight is 214 g/mol. The van der Waals surface area contributed by atoms with Crippen molar-refractivity contribution in [2.45, 2.75) is 38.7 Å². The van der Waals surface area contributed by atoms with Crippen LogP contribution in [0.2, 0.25) is 0 Å². The summed E-state index contributed by atoms with van der Waals surface area (Å²) in [5.41, 5.74) is 5.39. The van der Waals surface area contributed by atoms with E-state index in [0.717, 1.165) is 25.7 Å². The SMILES string of the molecule is CC(CCN)C(=O)NCC1CCCC1O. The Balaban J connectivity index is 2.21. The van der Waals surface area contributed by atoms with Crippen LogP contribution in [0.4, 0.5) is 0 Å². The Kier molecular flexibility index (Phi) is 5.05. The van der Waals surface area contributed by atoms with Gasteiger partial charge in [-0.15, -0.1) is 0 Å². The summed E-state index contributed by atoms with van der Waals surface area (Å²) in [7, 11) is 0. The molecule has 3 unspecified atom stereocenters. The van der Waals surface area contributed by atoms with E-state index in [1.54, 1.807) is 0 Å². The molecule has 15 heavy (non-hydrogen) atoms. The molecular weight excluding hydrogens is 192 g/mol. The lowest BCUT2D eigenvalue weighted by Gasteiger charge is -2.17. The van der Waals surface area contributed by atoms with E-state index in [0.29, 0.717) is 13.1 Å². The highest BCUT2D eigenvalue weighted by molar-refractivity contribution is 5.78. The summed E-state index contributed by atoms with van der Waals surface area (Å²) in [5.74, 6) is 0.284. The minimum Gasteiger partial charge on any atom is -0.393 e. The van der Waals surface area contributed by atoms with Crippen molar-refractivity contribution < 1.29 is 9.90 Å². The minimum absolute atomic E-state index is 0.0199. The van der Waals surface area contributed by atoms with Crippen LogP contribution in [0, 0.1) is 11.8 Å². The molecule has 4 N–H and O–H groups in total. The van der Waals surface area contributed by atoms with Gasteiger partial charge in [0, 0.05) is 18.4 Å². The molecule has 0 aromatic rings. The van der Waals surface area contributed by atoms with E-state index in [1.165, 1.54) is 0 Å². The maximum Gasteiger partial charge on any atom is 0.222 e. The van der Waals surface area contributed by atoms with Crippen LogP contribution < -0.4 is 11.1 Å². The predicted octanol–water partition coefficient (Wildman–Crippen LogP) is 0.249. The third kappa shape index (κ3) is 3.80. The van der Waals surface area contributed by atoms with Gasteiger partial charge in [0.2, 0.25) is 5.91 Å². The number of nitrogens with one attached hydrogen (secondary N) is 1. The zero-order valence-electron chi connectivity index (χ0n) is 9.41. The molecule has 1 aliphatic rings. The van der Waals surface area contributed by atoms with Gasteiger partial charge in [0.05, 0.1) is 6.10 Å². The molecule has 0 aromatic heterocycles. The Bertz CT molecular complexity index is 209. The molecule has 0 saturated heterocycles. The lowest BCUT2D eigenvalue weighted by Crippen LogP contribution is -2.36. The Labute approximate surface area is 91.2 Å². The van der Waals surface area contributed by atoms with Gasteiger partial charge < -0.3 is 16.2 Å². The van der Waals surface area contributed by atoms with Crippen molar-refractivity contribution in [3.05, 3.63) is 0 Å². The monoisotopic (exact) mass is 214 g/mol. The smallest absolute Gasteiger partial charge is 0.222 e. The van der Waals surface area contributed by atoms with Gasteiger partial charge in [0.15, 0.2) is 0 Å². The van der Waals surface area contributed by atoms with E-state index >= 15 is 0 Å². The zero-order chi connectivity index (χ0) is 11.3. The summed E-state index contributed by atoms with van der Waals surface area (Å²) in [5, 5.41) is 12.5. The average Bonchev–Trinajstić information content (AvgIpc) is 2.61. The minimum atomic E-state index is -0.227. The number of aliphatic hydroxyl groups excluding tert-OH is 1. The Morgan fingerprint density at radius 2 is 2.33 bits per heavy atom. The maximum atomic E-state index is 11.5. The predicted molar refractivity (Wildman–Crippen MR) is 59.2 cm³/mol. The molecule has 88 valence electrons. The second-order valence-corrected chi connectivity index (χ2v) is 4.48. The molecule has 0 radical (unpaired) electrons. The molecule has 0 heterocycles. The lowest BCUT2D eigenvalue weighted by molar-refractivity contribution is -0.124. The Morgan fingerprint density at radius 3 is 2.87 bits per heavy atom. The molecular formula is C11H22N2O2. The van der Waals surface area contributed by atoms with Gasteiger partial charge in [-0.2, -0.15) is 0 Å². The van der Waals surface area contributed by atoms with Gasteiger partial charge in [0.1, 0.15) is 0 Å². The molecule has 0 bridgehead atoms. The third-order valence-electron chi connectivity index (χ3n) is 3.20. The first kappa shape index (κ1) is 12.5. The van der Waals surface area contributed by atoms with Gasteiger partial charge in [-0.1, -0.05) is 13.3 Å². The first-order valence-electron chi connectivity index (χ1n) is 5.81. The second kappa shape index (κ2) is 6.08. The van der Waals surface area contributed by atoms with Gasteiger partial charge in [-0.3, -0.25) is 4.79 Å². The second-order valence-electron chi connectivity index (χ2n) is 4.48. The number of carbonyl (C=O) groups is 1. The largest absolute Gasteiger partial charge is 0.393 e. The van der Waals surface area contributed by atoms with Crippen molar-refractivity contribution in [3.63, 3.8) is 0 Å². The fraction of sp³-hybridized carbons (Fsp3) is 0.909. The fourth-order valence-electron chi connectivity index (χ4n) is 2.04. The number of carbonyl (C=O) groups excluding carboxylic acids is 1. The van der Waals surface area contributed by atoms with Gasteiger partial charge >= 0.3 is 0 Å². The van der Waals surface area contributed by atoms with Crippen LogP contribution >= 0.6 is 0 Å². The molecule has 1 aliphatic carbocycles. The molecule has 3 atom stereocenters. The van der Waals surface area contributed by atoms with Gasteiger partial charge in [-0.25, -0.2) is 0 Å². The van der Waals surface area contributed by atoms with Crippen LogP contribution in [-0.4, -0.2) is 30.2 Å². The highest BCUT2D eigenvalue weighted by atomic mass is 16.3. The molecule has 4 heteroatoms. The molecule has 4 nitrogen and oxygen atoms in total. The molecule has 1 saturated carbocycles. The molecule has 0 aliphatic heterocycles. The number of aliphatic hydroxyl groups is 1. The molecule has 1 rings (SSSR count). The Morgan fingerprint density at radius 1 is 1.60 bits per heavy atom. The maximum absolute atomic E-state index is 11.5. The molecule has 0 spiro atoms. The number of amides is 1. The quantitative estimate of drug-likeness (QED) is 0.614. The first-order chi connectivity index (χ1) is 7.15. The highest BCUT2D eigenvalue weighted by Gasteiger charge is 2.25. The standard InChI is InChI=1S/C11H22N2O2/c1-8(5-6-12)11(15)13-7-9-3-2-4-10(9)14/h8-10,14H,2-7,12H2,1H3,(H,13,15). The molecule has 1 fully saturated rings. The van der Waals surface area contributed by atoms with Crippen molar-refractivity contribution in [3.8, 4) is 0 Å². The number of hydrogen-bond donors (Lipinski definition) is 3. The summed E-state index contributed by atoms with van der Waals surface area (Å²) < 4.78 is 0. The van der Waals surface area contributed by atoms with E-state index < -0.39 is 0 Å². The van der Waals surface area contributed by atoms with Crippen molar-refractivity contribution >= 4 is 5.91 Å². The fourth-order valence-corrected chi connectivity index (χ4v) is 2.04. The lowest BCUT2D eigenvalue weighted by atomic mass is 10.0. The zero-order valence-corrected chi connectivity index (χ0v) is 9.41. The van der Waals surface area contributed by atoms with Crippen molar-refractivity contribution in [1.29, 1.82) is 0 Å². The highest BCUT2D eigenvalue weighted by Crippen LogP contribution is 2.24. The van der Waals surface area contributed by atoms with Crippen LogP contribution in [0.3, 0.4) is 0 Å². The molecule has 1 amide bonds. The van der Waals surface area contributed by atoms with E-state index in [1.807, 2.05) is 6.92 Å². The van der Waals surface area contributed by atoms with Crippen LogP contribution in [0.15, 0.2) is 0 Å². The van der Waals surface area contributed by atoms with Crippen molar-refractivity contribution in [1.82, 2.24) is 5.32 Å². The Hall–Kier alpha value is -0.610. The van der Waals surface area contributed by atoms with Crippen molar-refractivity contribution in [2.24, 2.45) is 17.6 Å². The van der Waals surface area contributed by atoms with Gasteiger partial charge in [0.25, 0.3) is 0 Å². The number of rotatable bonds is 5. The summed E-state index contributed by atoms with van der Waals surface area (Å²) in [4.78, 5) is 11.5. The molecule has 0 aromatic carbocycles. The summed E-state index contributed by atoms with van der Waals surface area (Å²) in [6, 6.07) is 0. The third-order valence-corrected chi connectivity index (χ3v) is 3.20. The van der Waals surface area contributed by atoms with Crippen LogP contribution in [0.1, 0.15) is 32.6 Å².